The number of amides is 1. The van der Waals surface area contributed by atoms with Crippen molar-refractivity contribution in [1.29, 1.82) is 0 Å². The zero-order valence-corrected chi connectivity index (χ0v) is 13.5. The quantitative estimate of drug-likeness (QED) is 0.921. The van der Waals surface area contributed by atoms with Crippen LogP contribution >= 0.6 is 23.2 Å². The van der Waals surface area contributed by atoms with E-state index in [-0.39, 0.29) is 5.91 Å². The number of hydrogen-bond donors (Lipinski definition) is 1. The van der Waals surface area contributed by atoms with E-state index in [1.807, 2.05) is 18.2 Å². The van der Waals surface area contributed by atoms with Gasteiger partial charge in [0.15, 0.2) is 0 Å². The molecule has 0 unspecified atom stereocenters. The SMILES string of the molecule is O=C(NCc1ccccn1)[C@@H]1CC(c2ccc(Cl)c(Cl)c2)=NO1. The average molecular weight is 350 g/mol. The molecular weight excluding hydrogens is 337 g/mol. The number of rotatable bonds is 4. The van der Waals surface area contributed by atoms with Crippen LogP contribution in [-0.2, 0) is 16.2 Å². The molecule has 0 aliphatic carbocycles. The summed E-state index contributed by atoms with van der Waals surface area (Å²) in [7, 11) is 0. The van der Waals surface area contributed by atoms with Crippen molar-refractivity contribution in [2.75, 3.05) is 0 Å². The molecule has 0 saturated carbocycles. The number of aromatic nitrogens is 1. The van der Waals surface area contributed by atoms with Gasteiger partial charge in [0.05, 0.1) is 28.0 Å². The van der Waals surface area contributed by atoms with Gasteiger partial charge in [0.2, 0.25) is 6.10 Å². The highest BCUT2D eigenvalue weighted by Crippen LogP contribution is 2.25. The molecule has 5 nitrogen and oxygen atoms in total. The number of hydrogen-bond acceptors (Lipinski definition) is 4. The summed E-state index contributed by atoms with van der Waals surface area (Å²) in [6.45, 7) is 0.349. The van der Waals surface area contributed by atoms with Crippen LogP contribution in [0.4, 0.5) is 0 Å². The Labute approximate surface area is 143 Å². The van der Waals surface area contributed by atoms with Gasteiger partial charge >= 0.3 is 0 Å². The second kappa shape index (κ2) is 6.98. The summed E-state index contributed by atoms with van der Waals surface area (Å²) in [6, 6.07) is 10.7. The van der Waals surface area contributed by atoms with Crippen LogP contribution in [0.15, 0.2) is 47.8 Å². The van der Waals surface area contributed by atoms with Gasteiger partial charge in [0.1, 0.15) is 0 Å². The predicted octanol–water partition coefficient (Wildman–Crippen LogP) is 3.20. The number of oxime groups is 1. The zero-order valence-electron chi connectivity index (χ0n) is 12.0. The van der Waals surface area contributed by atoms with Crippen LogP contribution in [-0.4, -0.2) is 22.7 Å². The van der Waals surface area contributed by atoms with E-state index in [9.17, 15) is 4.79 Å². The standard InChI is InChI=1S/C16H13Cl2N3O2/c17-12-5-4-10(7-13(12)18)14-8-15(23-21-14)16(22)20-9-11-3-1-2-6-19-11/h1-7,15H,8-9H2,(H,20,22)/t15-/m0/s1. The first-order valence-corrected chi connectivity index (χ1v) is 7.75. The Bertz CT molecular complexity index is 750. The minimum atomic E-state index is -0.650. The largest absolute Gasteiger partial charge is 0.382 e. The third-order valence-electron chi connectivity index (χ3n) is 3.38. The molecule has 1 amide bonds. The number of pyridine rings is 1. The Morgan fingerprint density at radius 2 is 2.13 bits per heavy atom. The fourth-order valence-electron chi connectivity index (χ4n) is 2.16. The third kappa shape index (κ3) is 3.81. The van der Waals surface area contributed by atoms with Crippen molar-refractivity contribution in [2.24, 2.45) is 5.16 Å². The molecule has 7 heteroatoms. The normalized spacial score (nSPS) is 16.6. The van der Waals surface area contributed by atoms with E-state index in [2.05, 4.69) is 15.5 Å². The molecule has 1 aliphatic rings. The van der Waals surface area contributed by atoms with Crippen molar-refractivity contribution in [3.8, 4) is 0 Å². The van der Waals surface area contributed by atoms with Gasteiger partial charge < -0.3 is 10.2 Å². The molecule has 1 aromatic heterocycles. The first kappa shape index (κ1) is 15.8. The maximum atomic E-state index is 12.1. The lowest BCUT2D eigenvalue weighted by molar-refractivity contribution is -0.131. The molecule has 118 valence electrons. The fourth-order valence-corrected chi connectivity index (χ4v) is 2.46. The maximum Gasteiger partial charge on any atom is 0.264 e. The van der Waals surface area contributed by atoms with Gasteiger partial charge in [-0.1, -0.05) is 40.5 Å². The van der Waals surface area contributed by atoms with Crippen LogP contribution in [0.1, 0.15) is 17.7 Å². The van der Waals surface area contributed by atoms with Gasteiger partial charge in [-0.3, -0.25) is 9.78 Å². The van der Waals surface area contributed by atoms with E-state index in [1.54, 1.807) is 24.4 Å². The highest BCUT2D eigenvalue weighted by Gasteiger charge is 2.28. The molecule has 2 heterocycles. The van der Waals surface area contributed by atoms with Gasteiger partial charge in [-0.05, 0) is 24.3 Å². The summed E-state index contributed by atoms with van der Waals surface area (Å²) in [4.78, 5) is 21.5. The molecule has 0 saturated heterocycles. The second-order valence-electron chi connectivity index (χ2n) is 5.00. The van der Waals surface area contributed by atoms with Gasteiger partial charge in [-0.25, -0.2) is 0 Å². The number of halogens is 2. The molecule has 1 N–H and O–H groups in total. The lowest BCUT2D eigenvalue weighted by atomic mass is 10.0. The van der Waals surface area contributed by atoms with E-state index in [0.29, 0.717) is 28.7 Å². The molecule has 0 spiro atoms. The molecule has 23 heavy (non-hydrogen) atoms. The highest BCUT2D eigenvalue weighted by atomic mass is 35.5. The van der Waals surface area contributed by atoms with Crippen LogP contribution in [0.3, 0.4) is 0 Å². The highest BCUT2D eigenvalue weighted by molar-refractivity contribution is 6.42. The minimum Gasteiger partial charge on any atom is -0.382 e. The average Bonchev–Trinajstić information content (AvgIpc) is 3.06. The molecule has 0 bridgehead atoms. The van der Waals surface area contributed by atoms with Crippen LogP contribution in [0.25, 0.3) is 0 Å². The van der Waals surface area contributed by atoms with Crippen LogP contribution in [0.2, 0.25) is 10.0 Å². The van der Waals surface area contributed by atoms with Gasteiger partial charge in [0, 0.05) is 18.2 Å². The number of carbonyl (C=O) groups is 1. The van der Waals surface area contributed by atoms with E-state index < -0.39 is 6.10 Å². The molecule has 1 aromatic carbocycles. The summed E-state index contributed by atoms with van der Waals surface area (Å²) >= 11 is 11.9. The topological polar surface area (TPSA) is 63.6 Å². The van der Waals surface area contributed by atoms with Crippen molar-refractivity contribution >= 4 is 34.8 Å². The maximum absolute atomic E-state index is 12.1. The van der Waals surface area contributed by atoms with Crippen LogP contribution in [0, 0.1) is 0 Å². The summed E-state index contributed by atoms with van der Waals surface area (Å²) in [6.07, 6.45) is 1.41. The van der Waals surface area contributed by atoms with Crippen molar-refractivity contribution in [3.63, 3.8) is 0 Å². The number of benzene rings is 1. The van der Waals surface area contributed by atoms with Gasteiger partial charge in [-0.15, -0.1) is 0 Å². The summed E-state index contributed by atoms with van der Waals surface area (Å²) in [5, 5.41) is 7.67. The van der Waals surface area contributed by atoms with Crippen molar-refractivity contribution < 1.29 is 9.63 Å². The van der Waals surface area contributed by atoms with Gasteiger partial charge in [0.25, 0.3) is 5.91 Å². The van der Waals surface area contributed by atoms with Crippen LogP contribution in [0.5, 0.6) is 0 Å². The van der Waals surface area contributed by atoms with Crippen molar-refractivity contribution in [2.45, 2.75) is 19.1 Å². The fraction of sp³-hybridized carbons (Fsp3) is 0.188. The Balaban J connectivity index is 1.58. The smallest absolute Gasteiger partial charge is 0.264 e. The number of nitrogens with zero attached hydrogens (tertiary/aromatic N) is 2. The molecule has 2 aromatic rings. The van der Waals surface area contributed by atoms with E-state index in [1.165, 1.54) is 0 Å². The van der Waals surface area contributed by atoms with Crippen molar-refractivity contribution in [3.05, 3.63) is 63.9 Å². The Hall–Kier alpha value is -2.11. The van der Waals surface area contributed by atoms with E-state index in [0.717, 1.165) is 11.3 Å². The molecule has 3 rings (SSSR count). The third-order valence-corrected chi connectivity index (χ3v) is 4.12. The molecule has 1 aliphatic heterocycles. The monoisotopic (exact) mass is 349 g/mol. The lowest BCUT2D eigenvalue weighted by Crippen LogP contribution is -2.34. The first-order chi connectivity index (χ1) is 11.1. The predicted molar refractivity (Wildman–Crippen MR) is 88.6 cm³/mol. The summed E-state index contributed by atoms with van der Waals surface area (Å²) < 4.78 is 0. The Morgan fingerprint density at radius 3 is 2.87 bits per heavy atom. The molecule has 0 radical (unpaired) electrons. The molecule has 1 atom stereocenters. The number of nitrogens with one attached hydrogen (secondary N) is 1. The van der Waals surface area contributed by atoms with Crippen molar-refractivity contribution in [1.82, 2.24) is 10.3 Å². The Kier molecular flexibility index (Phi) is 4.79. The number of carbonyl (C=O) groups excluding carboxylic acids is 1. The van der Waals surface area contributed by atoms with Crippen LogP contribution < -0.4 is 5.32 Å². The zero-order chi connectivity index (χ0) is 16.2. The minimum absolute atomic E-state index is 0.227. The first-order valence-electron chi connectivity index (χ1n) is 6.99. The van der Waals surface area contributed by atoms with E-state index >= 15 is 0 Å². The van der Waals surface area contributed by atoms with E-state index in [4.69, 9.17) is 28.0 Å². The van der Waals surface area contributed by atoms with Gasteiger partial charge in [-0.2, -0.15) is 0 Å². The lowest BCUT2D eigenvalue weighted by Gasteiger charge is -2.09. The molecule has 0 fully saturated rings. The summed E-state index contributed by atoms with van der Waals surface area (Å²) in [5.74, 6) is -0.227. The molecular formula is C16H13Cl2N3O2. The second-order valence-corrected chi connectivity index (χ2v) is 5.82. The summed E-state index contributed by atoms with van der Waals surface area (Å²) in [5.41, 5.74) is 2.24. The Morgan fingerprint density at radius 1 is 1.26 bits per heavy atom.